The fourth-order valence-corrected chi connectivity index (χ4v) is 3.70. The molecule has 1 unspecified atom stereocenters. The summed E-state index contributed by atoms with van der Waals surface area (Å²) < 4.78 is 9.92. The molecule has 0 aliphatic heterocycles. The number of hydrogen-bond donors (Lipinski definition) is 0. The largest absolute Gasteiger partial charge is 0.461 e. The molecule has 0 aromatic heterocycles. The molecule has 0 saturated carbocycles. The zero-order valence-corrected chi connectivity index (χ0v) is 16.5. The number of esters is 2. The summed E-state index contributed by atoms with van der Waals surface area (Å²) in [5.41, 5.74) is 2.64. The van der Waals surface area contributed by atoms with E-state index in [1.165, 1.54) is 13.8 Å². The second-order valence-electron chi connectivity index (χ2n) is 6.97. The molecular weight excluding hydrogens is 368 g/mol. The fraction of sp³-hybridized carbons (Fsp3) is 0.435. The second-order valence-corrected chi connectivity index (χ2v) is 6.97. The van der Waals surface area contributed by atoms with Gasteiger partial charge in [0.2, 0.25) is 0 Å². The number of carbonyl (C=O) groups excluding carboxylic acids is 2. The number of allylic oxidation sites excluding steroid dienone is 4. The number of nitriles is 2. The van der Waals surface area contributed by atoms with Crippen molar-refractivity contribution < 1.29 is 19.1 Å². The van der Waals surface area contributed by atoms with Crippen LogP contribution in [-0.2, 0) is 19.1 Å². The normalized spacial score (nSPS) is 21.4. The highest BCUT2D eigenvalue weighted by atomic mass is 16.5. The van der Waals surface area contributed by atoms with E-state index in [-0.39, 0.29) is 37.4 Å². The van der Waals surface area contributed by atoms with E-state index in [0.29, 0.717) is 11.1 Å². The smallest absolute Gasteiger partial charge is 0.303 e. The molecule has 0 spiro atoms. The van der Waals surface area contributed by atoms with E-state index in [4.69, 9.17) is 9.47 Å². The summed E-state index contributed by atoms with van der Waals surface area (Å²) in [5.74, 6) is 4.47. The summed E-state index contributed by atoms with van der Waals surface area (Å²) in [7, 11) is 0. The van der Waals surface area contributed by atoms with Crippen LogP contribution in [-0.4, -0.2) is 25.2 Å². The van der Waals surface area contributed by atoms with Crippen molar-refractivity contribution in [2.24, 2.45) is 23.2 Å². The minimum atomic E-state index is -1.48. The maximum atomic E-state index is 11.3. The summed E-state index contributed by atoms with van der Waals surface area (Å²) in [6.45, 7) is 6.22. The maximum Gasteiger partial charge on any atom is 0.303 e. The Morgan fingerprint density at radius 3 is 2.45 bits per heavy atom. The van der Waals surface area contributed by atoms with Crippen molar-refractivity contribution in [3.05, 3.63) is 41.7 Å². The van der Waals surface area contributed by atoms with Crippen molar-refractivity contribution in [3.63, 3.8) is 0 Å². The van der Waals surface area contributed by atoms with Gasteiger partial charge >= 0.3 is 11.9 Å². The number of nitrogens with zero attached hydrogens (tertiary/aromatic N) is 2. The first-order chi connectivity index (χ1) is 13.9. The Morgan fingerprint density at radius 1 is 1.17 bits per heavy atom. The standard InChI is InChI=1S/C23H22N2O4/c1-4-19(13-29-17(3)27)22-20-8-7-18(11-20)12-21(22)23(14-24,15-25)9-5-6-10-28-16(2)26/h7-8,12,18,20,22H,1,9-11,13H2,2-3H3/t18-,20?,22-/m0/s1. The maximum absolute atomic E-state index is 11.3. The summed E-state index contributed by atoms with van der Waals surface area (Å²) >= 11 is 0. The molecule has 148 valence electrons. The molecule has 0 aromatic carbocycles. The Bertz CT molecular complexity index is 928. The molecule has 0 N–H and O–H groups in total. The minimum Gasteiger partial charge on any atom is -0.461 e. The van der Waals surface area contributed by atoms with Gasteiger partial charge in [0.05, 0.1) is 12.1 Å². The van der Waals surface area contributed by atoms with Gasteiger partial charge in [0.25, 0.3) is 0 Å². The average molecular weight is 390 g/mol. The quantitative estimate of drug-likeness (QED) is 0.299. The van der Waals surface area contributed by atoms with Gasteiger partial charge in [-0.3, -0.25) is 9.59 Å². The Labute approximate surface area is 170 Å². The highest BCUT2D eigenvalue weighted by Crippen LogP contribution is 2.50. The van der Waals surface area contributed by atoms with Crippen LogP contribution < -0.4 is 0 Å². The molecule has 2 aliphatic carbocycles. The molecule has 2 aliphatic rings. The van der Waals surface area contributed by atoms with Crippen LogP contribution in [0.15, 0.2) is 41.7 Å². The third kappa shape index (κ3) is 5.05. The van der Waals surface area contributed by atoms with E-state index in [1.54, 1.807) is 0 Å². The first kappa shape index (κ1) is 21.8. The van der Waals surface area contributed by atoms with Gasteiger partial charge in [-0.25, -0.2) is 0 Å². The van der Waals surface area contributed by atoms with Crippen molar-refractivity contribution in [2.75, 3.05) is 13.2 Å². The van der Waals surface area contributed by atoms with Crippen LogP contribution in [0.5, 0.6) is 0 Å². The topological polar surface area (TPSA) is 100 Å². The van der Waals surface area contributed by atoms with Crippen LogP contribution in [0.3, 0.4) is 0 Å². The van der Waals surface area contributed by atoms with E-state index >= 15 is 0 Å². The Kier molecular flexibility index (Phi) is 7.21. The predicted octanol–water partition coefficient (Wildman–Crippen LogP) is 3.00. The van der Waals surface area contributed by atoms with Gasteiger partial charge < -0.3 is 9.47 Å². The van der Waals surface area contributed by atoms with Gasteiger partial charge in [-0.2, -0.15) is 10.5 Å². The average Bonchev–Trinajstić information content (AvgIpc) is 3.07. The molecule has 6 nitrogen and oxygen atoms in total. The number of fused-ring (bicyclic) bond motifs is 2. The summed E-state index contributed by atoms with van der Waals surface area (Å²) in [6.07, 6.45) is 6.89. The predicted molar refractivity (Wildman–Crippen MR) is 104 cm³/mol. The minimum absolute atomic E-state index is 0.000907. The van der Waals surface area contributed by atoms with Gasteiger partial charge in [-0.05, 0) is 23.8 Å². The van der Waals surface area contributed by atoms with Gasteiger partial charge in [0.1, 0.15) is 6.61 Å². The molecule has 2 bridgehead atoms. The molecule has 6 heteroatoms. The number of rotatable bonds is 6. The van der Waals surface area contributed by atoms with Crippen LogP contribution in [0.2, 0.25) is 0 Å². The molecule has 29 heavy (non-hydrogen) atoms. The second kappa shape index (κ2) is 9.61. The summed E-state index contributed by atoms with van der Waals surface area (Å²) in [4.78, 5) is 22.1. The lowest BCUT2D eigenvalue weighted by molar-refractivity contribution is -0.140. The van der Waals surface area contributed by atoms with Crippen LogP contribution >= 0.6 is 0 Å². The monoisotopic (exact) mass is 390 g/mol. The van der Waals surface area contributed by atoms with Crippen molar-refractivity contribution in [1.82, 2.24) is 0 Å². The number of carbonyl (C=O) groups is 2. The lowest BCUT2D eigenvalue weighted by atomic mass is 9.64. The van der Waals surface area contributed by atoms with Crippen LogP contribution in [0.25, 0.3) is 0 Å². The first-order valence-electron chi connectivity index (χ1n) is 9.21. The van der Waals surface area contributed by atoms with E-state index < -0.39 is 17.4 Å². The molecule has 0 aromatic rings. The van der Waals surface area contributed by atoms with Gasteiger partial charge in [0, 0.05) is 31.8 Å². The van der Waals surface area contributed by atoms with Crippen molar-refractivity contribution in [3.8, 4) is 24.0 Å². The molecular formula is C23H22N2O4. The van der Waals surface area contributed by atoms with Crippen LogP contribution in [0.1, 0.15) is 26.7 Å². The summed E-state index contributed by atoms with van der Waals surface area (Å²) in [6, 6.07) is 4.28. The molecule has 2 rings (SSSR count). The number of ether oxygens (including phenoxy) is 2. The van der Waals surface area contributed by atoms with Crippen LogP contribution in [0.4, 0.5) is 0 Å². The third-order valence-corrected chi connectivity index (χ3v) is 5.04. The zero-order chi connectivity index (χ0) is 21.4. The molecule has 3 atom stereocenters. The summed E-state index contributed by atoms with van der Waals surface area (Å²) in [5, 5.41) is 19.9. The SMILES string of the molecule is C=C=C(COC(C)=O)[C@@H]1C(C(C#N)(C#N)CC#CCOC(C)=O)=C[C@H]2C=CC1C2. The van der Waals surface area contributed by atoms with Crippen molar-refractivity contribution in [1.29, 1.82) is 10.5 Å². The fourth-order valence-electron chi connectivity index (χ4n) is 3.70. The van der Waals surface area contributed by atoms with Crippen molar-refractivity contribution in [2.45, 2.75) is 26.7 Å². The van der Waals surface area contributed by atoms with Gasteiger partial charge in [-0.1, -0.05) is 36.6 Å². The molecule has 0 fully saturated rings. The van der Waals surface area contributed by atoms with E-state index in [9.17, 15) is 20.1 Å². The first-order valence-corrected chi connectivity index (χ1v) is 9.21. The highest BCUT2D eigenvalue weighted by molar-refractivity contribution is 5.66. The Morgan fingerprint density at radius 2 is 1.86 bits per heavy atom. The Balaban J connectivity index is 2.38. The Hall–Kier alpha value is -3.52. The van der Waals surface area contributed by atoms with Crippen molar-refractivity contribution >= 4 is 11.9 Å². The van der Waals surface area contributed by atoms with Crippen LogP contribution in [0, 0.1) is 57.7 Å². The lowest BCUT2D eigenvalue weighted by Crippen LogP contribution is -2.33. The highest BCUT2D eigenvalue weighted by Gasteiger charge is 2.46. The lowest BCUT2D eigenvalue weighted by Gasteiger charge is -2.36. The zero-order valence-electron chi connectivity index (χ0n) is 16.5. The molecule has 0 saturated heterocycles. The van der Waals surface area contributed by atoms with E-state index in [2.05, 4.69) is 48.4 Å². The van der Waals surface area contributed by atoms with E-state index in [1.807, 2.05) is 6.08 Å². The van der Waals surface area contributed by atoms with Gasteiger partial charge in [0.15, 0.2) is 12.0 Å². The number of hydrogen-bond acceptors (Lipinski definition) is 6. The molecule has 0 radical (unpaired) electrons. The third-order valence-electron chi connectivity index (χ3n) is 5.04. The molecule has 0 heterocycles. The van der Waals surface area contributed by atoms with Gasteiger partial charge in [-0.15, -0.1) is 5.73 Å². The van der Waals surface area contributed by atoms with E-state index in [0.717, 1.165) is 6.42 Å². The molecule has 0 amide bonds.